The number of carbonyl (C=O) groups excluding carboxylic acids is 3. The van der Waals surface area contributed by atoms with Gasteiger partial charge in [0.15, 0.2) is 0 Å². The lowest BCUT2D eigenvalue weighted by Crippen LogP contribution is -2.57. The zero-order valence-electron chi connectivity index (χ0n) is 17.9. The molecule has 4 nitrogen and oxygen atoms in total. The highest BCUT2D eigenvalue weighted by Gasteiger charge is 2.63. The first-order valence-corrected chi connectivity index (χ1v) is 11.2. The Morgan fingerprint density at radius 3 is 2.30 bits per heavy atom. The number of esters is 1. The first-order valence-electron chi connectivity index (χ1n) is 11.2. The van der Waals surface area contributed by atoms with Gasteiger partial charge in [0.2, 0.25) is 5.78 Å². The van der Waals surface area contributed by atoms with Crippen molar-refractivity contribution in [3.63, 3.8) is 0 Å². The predicted molar refractivity (Wildman–Crippen MR) is 102 cm³/mol. The molecule has 30 heavy (non-hydrogen) atoms. The van der Waals surface area contributed by atoms with Gasteiger partial charge in [0.25, 0.3) is 0 Å². The quantitative estimate of drug-likeness (QED) is 0.464. The van der Waals surface area contributed by atoms with Crippen molar-refractivity contribution in [1.29, 1.82) is 0 Å². The highest BCUT2D eigenvalue weighted by atomic mass is 19.4. The number of rotatable bonds is 2. The largest absolute Gasteiger partial charge is 0.462 e. The van der Waals surface area contributed by atoms with Gasteiger partial charge in [0.1, 0.15) is 11.9 Å². The average Bonchev–Trinajstić information content (AvgIpc) is 2.96. The zero-order valence-corrected chi connectivity index (χ0v) is 17.9. The molecule has 0 saturated heterocycles. The Bertz CT molecular complexity index is 762. The number of ether oxygens (including phenoxy) is 1. The molecule has 0 aromatic heterocycles. The molecule has 4 fully saturated rings. The summed E-state index contributed by atoms with van der Waals surface area (Å²) in [6, 6.07) is 0. The lowest BCUT2D eigenvalue weighted by molar-refractivity contribution is -0.185. The van der Waals surface area contributed by atoms with Crippen LogP contribution in [0.25, 0.3) is 0 Å². The molecule has 0 aromatic rings. The SMILES string of the molecule is CC(=O)O[C@H]1CC[C@H]2[C@@H]3CC[C@H]4CC(=O)[C@@H](C(=O)C(F)(F)F)C[C@]4(C)[C@H]3CC[C@]12C. The predicted octanol–water partition coefficient (Wildman–Crippen LogP) is 4.89. The third kappa shape index (κ3) is 3.22. The summed E-state index contributed by atoms with van der Waals surface area (Å²) < 4.78 is 45.0. The summed E-state index contributed by atoms with van der Waals surface area (Å²) in [7, 11) is 0. The van der Waals surface area contributed by atoms with E-state index < -0.39 is 29.1 Å². The molecule has 0 unspecified atom stereocenters. The monoisotopic (exact) mass is 428 g/mol. The molecule has 0 heterocycles. The van der Waals surface area contributed by atoms with E-state index in [4.69, 9.17) is 4.74 Å². The number of carbonyl (C=O) groups is 3. The fourth-order valence-corrected chi connectivity index (χ4v) is 7.91. The first-order chi connectivity index (χ1) is 13.9. The van der Waals surface area contributed by atoms with Crippen LogP contribution >= 0.6 is 0 Å². The fraction of sp³-hybridized carbons (Fsp3) is 0.870. The van der Waals surface area contributed by atoms with Crippen molar-refractivity contribution < 1.29 is 32.3 Å². The van der Waals surface area contributed by atoms with Gasteiger partial charge in [-0.3, -0.25) is 14.4 Å². The molecule has 8 atom stereocenters. The molecule has 0 aliphatic heterocycles. The van der Waals surface area contributed by atoms with E-state index in [2.05, 4.69) is 6.92 Å². The van der Waals surface area contributed by atoms with Crippen molar-refractivity contribution in [1.82, 2.24) is 0 Å². The number of Topliss-reactive ketones (excluding diaryl/α,β-unsaturated/α-hetero) is 2. The van der Waals surface area contributed by atoms with E-state index in [0.29, 0.717) is 11.8 Å². The van der Waals surface area contributed by atoms with E-state index in [1.165, 1.54) is 6.92 Å². The molecule has 0 bridgehead atoms. The molecule has 0 amide bonds. The summed E-state index contributed by atoms with van der Waals surface area (Å²) in [6.45, 7) is 5.66. The second-order valence-corrected chi connectivity index (χ2v) is 10.7. The molecular formula is C23H31F3O4. The topological polar surface area (TPSA) is 60.4 Å². The van der Waals surface area contributed by atoms with Crippen LogP contribution in [0, 0.1) is 40.4 Å². The zero-order chi connectivity index (χ0) is 22.1. The van der Waals surface area contributed by atoms with Crippen LogP contribution in [0.3, 0.4) is 0 Å². The van der Waals surface area contributed by atoms with Crippen LogP contribution in [0.2, 0.25) is 0 Å². The Morgan fingerprint density at radius 1 is 1.00 bits per heavy atom. The summed E-state index contributed by atoms with van der Waals surface area (Å²) in [5.74, 6) is -3.23. The van der Waals surface area contributed by atoms with E-state index in [9.17, 15) is 27.6 Å². The normalized spacial score (nSPS) is 45.9. The molecule has 4 aliphatic rings. The summed E-state index contributed by atoms with van der Waals surface area (Å²) >= 11 is 0. The molecular weight excluding hydrogens is 397 g/mol. The first kappa shape index (κ1) is 21.8. The molecule has 0 N–H and O–H groups in total. The van der Waals surface area contributed by atoms with Crippen LogP contribution in [0.4, 0.5) is 13.2 Å². The van der Waals surface area contributed by atoms with Gasteiger partial charge in [-0.05, 0) is 74.0 Å². The molecule has 168 valence electrons. The molecule has 0 radical (unpaired) electrons. The number of halogens is 3. The van der Waals surface area contributed by atoms with Gasteiger partial charge in [-0.25, -0.2) is 0 Å². The second kappa shape index (κ2) is 7.06. The Labute approximate surface area is 175 Å². The molecule has 4 saturated carbocycles. The van der Waals surface area contributed by atoms with E-state index >= 15 is 0 Å². The van der Waals surface area contributed by atoms with E-state index in [1.807, 2.05) is 6.92 Å². The smallest absolute Gasteiger partial charge is 0.450 e. The lowest BCUT2D eigenvalue weighted by Gasteiger charge is -2.60. The van der Waals surface area contributed by atoms with Gasteiger partial charge in [-0.15, -0.1) is 0 Å². The molecule has 4 aliphatic carbocycles. The molecule has 4 rings (SSSR count). The highest BCUT2D eigenvalue weighted by Crippen LogP contribution is 2.66. The Kier molecular flexibility index (Phi) is 5.13. The van der Waals surface area contributed by atoms with Crippen molar-refractivity contribution in [2.75, 3.05) is 0 Å². The fourth-order valence-electron chi connectivity index (χ4n) is 7.91. The summed E-state index contributed by atoms with van der Waals surface area (Å²) in [5, 5.41) is 0. The van der Waals surface area contributed by atoms with Crippen molar-refractivity contribution in [2.45, 2.75) is 84.4 Å². The minimum absolute atomic E-state index is 0.0207. The Balaban J connectivity index is 1.60. The number of hydrogen-bond donors (Lipinski definition) is 0. The number of fused-ring (bicyclic) bond motifs is 5. The van der Waals surface area contributed by atoms with Crippen LogP contribution in [-0.2, 0) is 19.1 Å². The van der Waals surface area contributed by atoms with Crippen LogP contribution in [0.1, 0.15) is 72.1 Å². The average molecular weight is 428 g/mol. The Morgan fingerprint density at radius 2 is 1.67 bits per heavy atom. The van der Waals surface area contributed by atoms with E-state index in [1.54, 1.807) is 0 Å². The summed E-state index contributed by atoms with van der Waals surface area (Å²) in [4.78, 5) is 36.0. The molecule has 7 heteroatoms. The maximum Gasteiger partial charge on any atom is 0.450 e. The van der Waals surface area contributed by atoms with E-state index in [-0.39, 0.29) is 42.2 Å². The number of hydrogen-bond acceptors (Lipinski definition) is 4. The van der Waals surface area contributed by atoms with Crippen LogP contribution in [0.5, 0.6) is 0 Å². The maximum atomic E-state index is 13.1. The van der Waals surface area contributed by atoms with Crippen molar-refractivity contribution in [3.8, 4) is 0 Å². The van der Waals surface area contributed by atoms with Gasteiger partial charge in [-0.2, -0.15) is 13.2 Å². The lowest BCUT2D eigenvalue weighted by atomic mass is 9.44. The van der Waals surface area contributed by atoms with Gasteiger partial charge >= 0.3 is 12.1 Å². The van der Waals surface area contributed by atoms with Crippen molar-refractivity contribution in [3.05, 3.63) is 0 Å². The minimum Gasteiger partial charge on any atom is -0.462 e. The van der Waals surface area contributed by atoms with Gasteiger partial charge in [0, 0.05) is 18.8 Å². The second-order valence-electron chi connectivity index (χ2n) is 10.7. The third-order valence-electron chi connectivity index (χ3n) is 9.36. The summed E-state index contributed by atoms with van der Waals surface area (Å²) in [6.07, 6.45) is 0.332. The van der Waals surface area contributed by atoms with Crippen molar-refractivity contribution in [2.24, 2.45) is 40.4 Å². The molecule has 0 spiro atoms. The van der Waals surface area contributed by atoms with Gasteiger partial charge < -0.3 is 4.74 Å². The minimum atomic E-state index is -4.97. The van der Waals surface area contributed by atoms with Gasteiger partial charge in [-0.1, -0.05) is 13.8 Å². The standard InChI is InChI=1S/C23H31F3O4/c1-12(27)30-19-7-6-16-14-5-4-13-10-18(28)15(20(29)23(24,25)26)11-22(13,3)17(14)8-9-21(16,19)2/h13-17,19H,4-11H2,1-3H3/t13-,14-,15-,16-,17-,19-,21-,22-/m0/s1. The highest BCUT2D eigenvalue weighted by molar-refractivity contribution is 6.05. The van der Waals surface area contributed by atoms with Crippen LogP contribution in [0.15, 0.2) is 0 Å². The van der Waals surface area contributed by atoms with E-state index in [0.717, 1.165) is 38.5 Å². The van der Waals surface area contributed by atoms with Gasteiger partial charge in [0.05, 0.1) is 5.92 Å². The van der Waals surface area contributed by atoms with Crippen molar-refractivity contribution >= 4 is 17.5 Å². The Hall–Kier alpha value is -1.40. The third-order valence-corrected chi connectivity index (χ3v) is 9.36. The number of alkyl halides is 3. The maximum absolute atomic E-state index is 13.1. The number of ketones is 2. The summed E-state index contributed by atoms with van der Waals surface area (Å²) in [5.41, 5.74) is -0.523. The molecule has 0 aromatic carbocycles. The van der Waals surface area contributed by atoms with Crippen LogP contribution < -0.4 is 0 Å². The van der Waals surface area contributed by atoms with Crippen LogP contribution in [-0.4, -0.2) is 29.8 Å².